The molecule has 0 unspecified atom stereocenters. The molecule has 0 aliphatic carbocycles. The normalized spacial score (nSPS) is 12.7. The molecule has 0 spiro atoms. The van der Waals surface area contributed by atoms with Gasteiger partial charge in [-0.15, -0.1) is 0 Å². The Kier molecular flexibility index (Phi) is 9.44. The molecule has 366 valence electrons. The van der Waals surface area contributed by atoms with Crippen LogP contribution in [0.5, 0.6) is 23.0 Å². The summed E-state index contributed by atoms with van der Waals surface area (Å²) in [5.41, 5.74) is 14.7. The summed E-state index contributed by atoms with van der Waals surface area (Å²) in [6.45, 7) is -0.488. The van der Waals surface area contributed by atoms with E-state index in [4.69, 9.17) is 24.4 Å². The number of benzene rings is 11. The van der Waals surface area contributed by atoms with Crippen LogP contribution in [0.2, 0.25) is 0 Å². The number of nitrogens with zero attached hydrogens (tertiary/aromatic N) is 6. The topological polar surface area (TPSA) is 71.9 Å². The van der Waals surface area contributed by atoms with Crippen molar-refractivity contribution in [2.24, 2.45) is 0 Å². The number of ether oxygens (including phenoxy) is 2. The van der Waals surface area contributed by atoms with Crippen molar-refractivity contribution < 1.29 is 9.47 Å². The Hall–Kier alpha value is -10.4. The second-order valence-corrected chi connectivity index (χ2v) is 20.6. The predicted molar refractivity (Wildman–Crippen MR) is 324 cm³/mol. The van der Waals surface area contributed by atoms with Gasteiger partial charge in [-0.1, -0.05) is 200 Å². The van der Waals surface area contributed by atoms with Crippen molar-refractivity contribution in [1.29, 1.82) is 0 Å². The first-order valence-electron chi connectivity index (χ1n) is 26.8. The van der Waals surface area contributed by atoms with E-state index in [0.717, 1.165) is 122 Å². The number of hydrogen-bond acceptors (Lipinski definition) is 5. The van der Waals surface area contributed by atoms with Crippen molar-refractivity contribution in [1.82, 2.24) is 28.7 Å². The van der Waals surface area contributed by atoms with Crippen LogP contribution in [0.4, 0.5) is 0 Å². The van der Waals surface area contributed by atoms with Crippen molar-refractivity contribution >= 4 is 112 Å². The number of aromatic nitrogens is 6. The minimum Gasteiger partial charge on any atom is -0.459 e. The van der Waals surface area contributed by atoms with Gasteiger partial charge in [-0.3, -0.25) is 9.13 Å². The molecule has 0 fully saturated rings. The third kappa shape index (κ3) is 6.49. The van der Waals surface area contributed by atoms with Crippen molar-refractivity contribution in [3.63, 3.8) is 0 Å². The maximum absolute atomic E-state index is 7.31. The highest BCUT2D eigenvalue weighted by Crippen LogP contribution is 2.38. The van der Waals surface area contributed by atoms with Gasteiger partial charge in [0, 0.05) is 49.0 Å². The second-order valence-electron chi connectivity index (χ2n) is 20.6. The fourth-order valence-corrected chi connectivity index (χ4v) is 13.1. The van der Waals surface area contributed by atoms with Gasteiger partial charge in [0.25, 0.3) is 13.4 Å². The smallest absolute Gasteiger partial charge is 0.258 e. The number of hydrogen-bond donors (Lipinski definition) is 0. The van der Waals surface area contributed by atoms with Gasteiger partial charge in [0.05, 0.1) is 33.1 Å². The van der Waals surface area contributed by atoms with Gasteiger partial charge in [0.15, 0.2) is 5.82 Å². The van der Waals surface area contributed by atoms with E-state index in [0.29, 0.717) is 17.7 Å². The average molecular weight is 1010 g/mol. The van der Waals surface area contributed by atoms with Crippen LogP contribution in [-0.2, 0) is 0 Å². The predicted octanol–water partition coefficient (Wildman–Crippen LogP) is 12.1. The quantitative estimate of drug-likeness (QED) is 0.155. The van der Waals surface area contributed by atoms with Crippen LogP contribution in [0.1, 0.15) is 0 Å². The number of para-hydroxylation sites is 9. The zero-order chi connectivity index (χ0) is 51.7. The molecular formula is C69H42B2N6O2. The molecule has 0 radical (unpaired) electrons. The average Bonchev–Trinajstić information content (AvgIpc) is 4.25. The fourth-order valence-electron chi connectivity index (χ4n) is 13.1. The molecule has 2 aliphatic heterocycles. The molecule has 0 amide bonds. The Morgan fingerprint density at radius 2 is 0.734 bits per heavy atom. The van der Waals surface area contributed by atoms with Crippen LogP contribution < -0.4 is 42.3 Å². The standard InChI is InChI=1S/C69H42B2N6O2/c1-10-31-55-45(22-1)46-23-2-11-32-56(46)75(55)61-37-16-7-28-51(61)71-53-30-9-17-38-62(53)78-64-41-40-54-66(65(64)71)79-63-39-18-8-29-52(63)70(54)44-21-19-20-43(42-44)67-72-68(76-57-33-12-3-24-47(57)48-25-4-13-34-58(48)76)74-69(73-67)77-59-35-14-5-26-49(59)50-27-6-15-36-60(50)77/h1-42H. The van der Waals surface area contributed by atoms with Gasteiger partial charge >= 0.3 is 0 Å². The van der Waals surface area contributed by atoms with Crippen LogP contribution in [0.15, 0.2) is 255 Å². The Labute approximate surface area is 454 Å². The second kappa shape index (κ2) is 17.0. The molecule has 11 aromatic carbocycles. The Bertz CT molecular complexity index is 4750. The summed E-state index contributed by atoms with van der Waals surface area (Å²) in [7, 11) is 0. The largest absolute Gasteiger partial charge is 0.459 e. The van der Waals surface area contributed by atoms with E-state index in [2.05, 4.69) is 268 Å². The number of rotatable bonds is 6. The van der Waals surface area contributed by atoms with Gasteiger partial charge < -0.3 is 14.0 Å². The highest BCUT2D eigenvalue weighted by atomic mass is 16.5. The van der Waals surface area contributed by atoms with Crippen LogP contribution in [0, 0.1) is 0 Å². The van der Waals surface area contributed by atoms with E-state index < -0.39 is 0 Å². The minimum absolute atomic E-state index is 0.231. The first-order valence-corrected chi connectivity index (χ1v) is 26.8. The van der Waals surface area contributed by atoms with Crippen molar-refractivity contribution in [2.45, 2.75) is 0 Å². The molecule has 10 heteroatoms. The first-order chi connectivity index (χ1) is 39.2. The molecule has 8 nitrogen and oxygen atoms in total. The molecule has 15 aromatic rings. The van der Waals surface area contributed by atoms with Gasteiger partial charge in [0.2, 0.25) is 11.9 Å². The maximum atomic E-state index is 7.31. The van der Waals surface area contributed by atoms with Gasteiger partial charge in [0.1, 0.15) is 23.0 Å². The summed E-state index contributed by atoms with van der Waals surface area (Å²) in [6.07, 6.45) is 0. The Balaban J connectivity index is 0.878. The summed E-state index contributed by atoms with van der Waals surface area (Å²) >= 11 is 0. The highest BCUT2D eigenvalue weighted by Gasteiger charge is 2.42. The Morgan fingerprint density at radius 1 is 0.304 bits per heavy atom. The molecule has 2 aliphatic rings. The molecule has 17 rings (SSSR count). The SMILES string of the molecule is c1cc(B2c3ccccc3Oc3c2ccc2c3B(c3ccccc3-n3c4ccccc4c4ccccc43)c3ccccc3O2)cc(-c2nc(-n3c4ccccc4c4ccccc43)nc(-n3c4ccccc4c4ccccc43)n2)c1. The first kappa shape index (κ1) is 43.8. The molecular weight excluding hydrogens is 966 g/mol. The monoisotopic (exact) mass is 1010 g/mol. The summed E-state index contributed by atoms with van der Waals surface area (Å²) < 4.78 is 21.1. The molecule has 0 saturated heterocycles. The Morgan fingerprint density at radius 3 is 1.27 bits per heavy atom. The van der Waals surface area contributed by atoms with Crippen molar-refractivity contribution in [3.05, 3.63) is 255 Å². The van der Waals surface area contributed by atoms with E-state index in [9.17, 15) is 0 Å². The van der Waals surface area contributed by atoms with Crippen molar-refractivity contribution in [2.75, 3.05) is 0 Å². The van der Waals surface area contributed by atoms with Gasteiger partial charge in [-0.2, -0.15) is 15.0 Å². The van der Waals surface area contributed by atoms with E-state index in [-0.39, 0.29) is 13.4 Å². The number of fused-ring (bicyclic) bond motifs is 14. The van der Waals surface area contributed by atoms with E-state index in [1.807, 2.05) is 0 Å². The van der Waals surface area contributed by atoms with Crippen LogP contribution in [0.25, 0.3) is 94.4 Å². The molecule has 6 heterocycles. The maximum Gasteiger partial charge on any atom is 0.258 e. The lowest BCUT2D eigenvalue weighted by atomic mass is 9.32. The summed E-state index contributed by atoms with van der Waals surface area (Å²) in [5, 5.41) is 6.95. The lowest BCUT2D eigenvalue weighted by Crippen LogP contribution is -2.61. The zero-order valence-electron chi connectivity index (χ0n) is 42.4. The molecule has 0 N–H and O–H groups in total. The molecule has 79 heavy (non-hydrogen) atoms. The van der Waals surface area contributed by atoms with Gasteiger partial charge in [-0.25, -0.2) is 0 Å². The van der Waals surface area contributed by atoms with Crippen LogP contribution >= 0.6 is 0 Å². The van der Waals surface area contributed by atoms with Crippen LogP contribution in [-0.4, -0.2) is 42.1 Å². The van der Waals surface area contributed by atoms with Crippen LogP contribution in [0.3, 0.4) is 0 Å². The highest BCUT2D eigenvalue weighted by molar-refractivity contribution is 7.00. The molecule has 0 bridgehead atoms. The van der Waals surface area contributed by atoms with E-state index in [1.165, 1.54) is 10.8 Å². The molecule has 4 aromatic heterocycles. The minimum atomic E-state index is -0.257. The van der Waals surface area contributed by atoms with E-state index >= 15 is 0 Å². The van der Waals surface area contributed by atoms with Crippen molar-refractivity contribution in [3.8, 4) is 52.0 Å². The lowest BCUT2D eigenvalue weighted by molar-refractivity contribution is 0.469. The summed E-state index contributed by atoms with van der Waals surface area (Å²) in [4.78, 5) is 16.4. The summed E-state index contributed by atoms with van der Waals surface area (Å²) in [5.74, 6) is 4.82. The fraction of sp³-hybridized carbons (Fsp3) is 0. The third-order valence-electron chi connectivity index (χ3n) is 16.4. The zero-order valence-corrected chi connectivity index (χ0v) is 42.4. The van der Waals surface area contributed by atoms with Gasteiger partial charge in [-0.05, 0) is 82.5 Å². The molecule has 0 atom stereocenters. The third-order valence-corrected chi connectivity index (χ3v) is 16.4. The lowest BCUT2D eigenvalue weighted by Gasteiger charge is -2.34. The molecule has 0 saturated carbocycles. The van der Waals surface area contributed by atoms with E-state index in [1.54, 1.807) is 0 Å². The summed E-state index contributed by atoms with van der Waals surface area (Å²) in [6, 6.07) is 90.2.